The molecule has 0 radical (unpaired) electrons. The Hall–Kier alpha value is -4.24. The second-order valence-electron chi connectivity index (χ2n) is 8.63. The highest BCUT2D eigenvalue weighted by Crippen LogP contribution is 2.34. The van der Waals surface area contributed by atoms with Gasteiger partial charge in [0, 0.05) is 40.2 Å². The third-order valence-corrected chi connectivity index (χ3v) is 6.85. The van der Waals surface area contributed by atoms with Crippen LogP contribution in [0, 0.1) is 0 Å². The summed E-state index contributed by atoms with van der Waals surface area (Å²) in [5, 5.41) is 13.5. The summed E-state index contributed by atoms with van der Waals surface area (Å²) in [6.45, 7) is 8.22. The fourth-order valence-electron chi connectivity index (χ4n) is 4.06. The predicted molar refractivity (Wildman–Crippen MR) is 152 cm³/mol. The minimum absolute atomic E-state index is 0.00100. The number of carbonyl (C=O) groups excluding carboxylic acids is 1. The number of hydrogen-bond donors (Lipinski definition) is 3. The third-order valence-electron chi connectivity index (χ3n) is 5.94. The average Bonchev–Trinajstić information content (AvgIpc) is 3.54. The van der Waals surface area contributed by atoms with Gasteiger partial charge in [0.25, 0.3) is 0 Å². The van der Waals surface area contributed by atoms with Gasteiger partial charge < -0.3 is 10.3 Å². The number of nitrogens with one attached hydrogen (secondary N) is 3. The summed E-state index contributed by atoms with van der Waals surface area (Å²) in [5.41, 5.74) is 6.64. The second kappa shape index (κ2) is 10.8. The normalized spacial score (nSPS) is 11.5. The van der Waals surface area contributed by atoms with Gasteiger partial charge >= 0.3 is 0 Å². The van der Waals surface area contributed by atoms with Crippen LogP contribution in [0.3, 0.4) is 0 Å². The number of H-pyrrole nitrogens is 2. The number of anilines is 1. The van der Waals surface area contributed by atoms with E-state index in [0.717, 1.165) is 56.4 Å². The number of pyridine rings is 2. The summed E-state index contributed by atoms with van der Waals surface area (Å²) < 4.78 is 0. The van der Waals surface area contributed by atoms with Gasteiger partial charge in [0.1, 0.15) is 11.2 Å². The Morgan fingerprint density at radius 2 is 1.97 bits per heavy atom. The van der Waals surface area contributed by atoms with E-state index in [-0.39, 0.29) is 5.91 Å². The first-order valence-electron chi connectivity index (χ1n) is 12.1. The van der Waals surface area contributed by atoms with Crippen molar-refractivity contribution < 1.29 is 4.79 Å². The number of aromatic amines is 2. The number of fused-ring (bicyclic) bond motifs is 2. The minimum atomic E-state index is -0.00100. The van der Waals surface area contributed by atoms with E-state index >= 15 is 0 Å². The van der Waals surface area contributed by atoms with E-state index in [1.54, 1.807) is 24.8 Å². The van der Waals surface area contributed by atoms with Crippen molar-refractivity contribution >= 4 is 50.2 Å². The number of aromatic nitrogens is 6. The van der Waals surface area contributed by atoms with Crippen molar-refractivity contribution in [2.24, 2.45) is 0 Å². The minimum Gasteiger partial charge on any atom is -0.335 e. The van der Waals surface area contributed by atoms with E-state index < -0.39 is 0 Å². The highest BCUT2D eigenvalue weighted by molar-refractivity contribution is 8.10. The lowest BCUT2D eigenvalue weighted by Crippen LogP contribution is -2.11. The standard InChI is InChI=1S/C28H27N7OS/c1-4-6-7-25(36)31-20-11-19(13-29-14-20)18-8-9-23-21(12-18)27(35-34-23)28-32-24-16-30-15-22(26(24)33-28)17(3)37-10-5-2/h5,8-16H,3-4,6-7H2,1-2H3,(H,31,36)(H,32,33)(H,34,35)/b10-5-. The molecule has 0 aliphatic carbocycles. The summed E-state index contributed by atoms with van der Waals surface area (Å²) in [5.74, 6) is 0.644. The largest absolute Gasteiger partial charge is 0.335 e. The summed E-state index contributed by atoms with van der Waals surface area (Å²) in [6.07, 6.45) is 11.3. The molecule has 37 heavy (non-hydrogen) atoms. The van der Waals surface area contributed by atoms with Crippen LogP contribution in [0.5, 0.6) is 0 Å². The fourth-order valence-corrected chi connectivity index (χ4v) is 4.64. The number of nitrogens with zero attached hydrogens (tertiary/aromatic N) is 4. The maximum Gasteiger partial charge on any atom is 0.224 e. The summed E-state index contributed by atoms with van der Waals surface area (Å²) in [7, 11) is 0. The monoisotopic (exact) mass is 509 g/mol. The highest BCUT2D eigenvalue weighted by Gasteiger charge is 2.16. The van der Waals surface area contributed by atoms with Gasteiger partial charge in [-0.3, -0.25) is 19.9 Å². The van der Waals surface area contributed by atoms with Gasteiger partial charge in [0.05, 0.1) is 29.1 Å². The highest BCUT2D eigenvalue weighted by atomic mass is 32.2. The molecule has 1 aromatic carbocycles. The quantitative estimate of drug-likeness (QED) is 0.199. The Kier molecular flexibility index (Phi) is 7.14. The SMILES string of the molecule is C=C(S/C=C\C)c1cncc2[nH]c(-c3n[nH]c4ccc(-c5cncc(NC(=O)CCCC)c5)cc34)nc12. The summed E-state index contributed by atoms with van der Waals surface area (Å²) in [4.78, 5) is 30.0. The maximum absolute atomic E-state index is 12.2. The van der Waals surface area contributed by atoms with Gasteiger partial charge in [-0.15, -0.1) is 0 Å². The Morgan fingerprint density at radius 3 is 2.81 bits per heavy atom. The van der Waals surface area contributed by atoms with Gasteiger partial charge in [-0.2, -0.15) is 5.10 Å². The number of unbranched alkanes of at least 4 members (excludes halogenated alkanes) is 1. The molecule has 1 amide bonds. The zero-order valence-corrected chi connectivity index (χ0v) is 21.5. The lowest BCUT2D eigenvalue weighted by Gasteiger charge is -2.07. The number of allylic oxidation sites excluding steroid dienone is 1. The van der Waals surface area contributed by atoms with Crippen molar-refractivity contribution in [3.05, 3.63) is 72.7 Å². The smallest absolute Gasteiger partial charge is 0.224 e. The zero-order chi connectivity index (χ0) is 25.8. The lowest BCUT2D eigenvalue weighted by molar-refractivity contribution is -0.116. The molecule has 4 heterocycles. The van der Waals surface area contributed by atoms with E-state index in [1.165, 1.54) is 11.8 Å². The van der Waals surface area contributed by atoms with Crippen molar-refractivity contribution in [2.45, 2.75) is 33.1 Å². The van der Waals surface area contributed by atoms with Crippen molar-refractivity contribution in [3.8, 4) is 22.6 Å². The van der Waals surface area contributed by atoms with Crippen LogP contribution in [-0.4, -0.2) is 36.0 Å². The Bertz CT molecular complexity index is 1630. The number of benzene rings is 1. The van der Waals surface area contributed by atoms with E-state index in [4.69, 9.17) is 4.98 Å². The predicted octanol–water partition coefficient (Wildman–Crippen LogP) is 6.93. The van der Waals surface area contributed by atoms with Crippen LogP contribution >= 0.6 is 11.8 Å². The molecular formula is C28H27N7OS. The first-order chi connectivity index (χ1) is 18.1. The van der Waals surface area contributed by atoms with Crippen LogP contribution in [0.25, 0.3) is 49.5 Å². The molecule has 0 spiro atoms. The average molecular weight is 510 g/mol. The van der Waals surface area contributed by atoms with Gasteiger partial charge in [-0.1, -0.05) is 43.8 Å². The second-order valence-corrected chi connectivity index (χ2v) is 9.63. The van der Waals surface area contributed by atoms with E-state index in [9.17, 15) is 4.79 Å². The molecule has 8 nitrogen and oxygen atoms in total. The van der Waals surface area contributed by atoms with Gasteiger partial charge in [0.2, 0.25) is 5.91 Å². The molecule has 4 aromatic heterocycles. The maximum atomic E-state index is 12.2. The summed E-state index contributed by atoms with van der Waals surface area (Å²) in [6, 6.07) is 7.98. The molecule has 9 heteroatoms. The first kappa shape index (κ1) is 24.5. The molecule has 0 aliphatic heterocycles. The zero-order valence-electron chi connectivity index (χ0n) is 20.7. The van der Waals surface area contributed by atoms with Crippen molar-refractivity contribution in [1.82, 2.24) is 30.1 Å². The van der Waals surface area contributed by atoms with Crippen LogP contribution < -0.4 is 5.32 Å². The summed E-state index contributed by atoms with van der Waals surface area (Å²) >= 11 is 1.54. The number of imidazole rings is 1. The van der Waals surface area contributed by atoms with E-state index in [2.05, 4.69) is 50.0 Å². The molecule has 0 saturated heterocycles. The first-order valence-corrected chi connectivity index (χ1v) is 13.0. The Morgan fingerprint density at radius 1 is 1.11 bits per heavy atom. The molecular weight excluding hydrogens is 482 g/mol. The van der Waals surface area contributed by atoms with E-state index in [1.807, 2.05) is 36.6 Å². The molecule has 0 bridgehead atoms. The molecule has 0 saturated carbocycles. The molecule has 0 aliphatic rings. The third kappa shape index (κ3) is 5.17. The van der Waals surface area contributed by atoms with Gasteiger partial charge in [-0.05, 0) is 42.5 Å². The molecule has 5 rings (SSSR count). The van der Waals surface area contributed by atoms with Crippen molar-refractivity contribution in [3.63, 3.8) is 0 Å². The lowest BCUT2D eigenvalue weighted by atomic mass is 10.0. The van der Waals surface area contributed by atoms with Crippen LogP contribution in [0.4, 0.5) is 5.69 Å². The van der Waals surface area contributed by atoms with Crippen molar-refractivity contribution in [1.29, 1.82) is 0 Å². The molecule has 0 unspecified atom stereocenters. The number of hydrogen-bond acceptors (Lipinski definition) is 6. The molecule has 186 valence electrons. The molecule has 5 aromatic rings. The number of amides is 1. The van der Waals surface area contributed by atoms with Crippen LogP contribution in [0.15, 0.2) is 67.1 Å². The Labute approximate surface area is 218 Å². The van der Waals surface area contributed by atoms with Crippen molar-refractivity contribution in [2.75, 3.05) is 5.32 Å². The van der Waals surface area contributed by atoms with Crippen LogP contribution in [0.1, 0.15) is 38.7 Å². The number of thioether (sulfide) groups is 1. The molecule has 3 N–H and O–H groups in total. The van der Waals surface area contributed by atoms with Crippen LogP contribution in [-0.2, 0) is 4.79 Å². The molecule has 0 fully saturated rings. The van der Waals surface area contributed by atoms with E-state index in [0.29, 0.717) is 23.6 Å². The Balaban J connectivity index is 1.49. The topological polar surface area (TPSA) is 112 Å². The van der Waals surface area contributed by atoms with Crippen LogP contribution in [0.2, 0.25) is 0 Å². The number of carbonyl (C=O) groups is 1. The van der Waals surface area contributed by atoms with Gasteiger partial charge in [0.15, 0.2) is 5.82 Å². The van der Waals surface area contributed by atoms with Gasteiger partial charge in [-0.25, -0.2) is 4.98 Å². The fraction of sp³-hybridized carbons (Fsp3) is 0.179. The number of rotatable bonds is 9. The molecule has 0 atom stereocenters.